The van der Waals surface area contributed by atoms with Crippen molar-refractivity contribution >= 4 is 11.8 Å². The molecule has 0 amide bonds. The smallest absolute Gasteiger partial charge is 0.0631 e. The first-order chi connectivity index (χ1) is 3.27. The minimum atomic E-state index is -0.384. The number of aliphatic hydroxyl groups excluding tert-OH is 1. The van der Waals surface area contributed by atoms with Crippen LogP contribution in [0.15, 0.2) is 0 Å². The van der Waals surface area contributed by atoms with Gasteiger partial charge in [-0.3, -0.25) is 0 Å². The van der Waals surface area contributed by atoms with E-state index in [1.54, 1.807) is 11.8 Å². The molecule has 1 radical (unpaired) electrons. The Labute approximate surface area is 49.1 Å². The molecule has 0 aliphatic rings. The van der Waals surface area contributed by atoms with Crippen molar-refractivity contribution in [3.05, 3.63) is 6.92 Å². The van der Waals surface area contributed by atoms with Crippen molar-refractivity contribution in [3.63, 3.8) is 0 Å². The predicted molar refractivity (Wildman–Crippen MR) is 34.4 cm³/mol. The third-order valence-corrected chi connectivity index (χ3v) is 1.54. The van der Waals surface area contributed by atoms with E-state index in [1.165, 1.54) is 0 Å². The van der Waals surface area contributed by atoms with Crippen LogP contribution in [0, 0.1) is 6.92 Å². The third kappa shape index (κ3) is 6.31. The second-order valence-electron chi connectivity index (χ2n) is 1.31. The first-order valence-electron chi connectivity index (χ1n) is 2.36. The molecule has 7 heavy (non-hydrogen) atoms. The summed E-state index contributed by atoms with van der Waals surface area (Å²) in [7, 11) is 0. The van der Waals surface area contributed by atoms with Crippen molar-refractivity contribution in [2.45, 2.75) is 13.0 Å². The lowest BCUT2D eigenvalue weighted by Gasteiger charge is -1.98. The lowest BCUT2D eigenvalue weighted by Crippen LogP contribution is -2.02. The average Bonchev–Trinajstić information content (AvgIpc) is 1.61. The van der Waals surface area contributed by atoms with Crippen LogP contribution in [0.5, 0.6) is 0 Å². The largest absolute Gasteiger partial charge is 0.392 e. The van der Waals surface area contributed by atoms with Gasteiger partial charge in [-0.05, 0) is 12.7 Å². The zero-order valence-electron chi connectivity index (χ0n) is 4.55. The Hall–Kier alpha value is 0.310. The van der Waals surface area contributed by atoms with Crippen LogP contribution in [0.4, 0.5) is 0 Å². The molecular weight excluding hydrogens is 108 g/mol. The number of rotatable bonds is 3. The predicted octanol–water partition coefficient (Wildman–Crippen LogP) is 0.934. The highest BCUT2D eigenvalue weighted by Crippen LogP contribution is 1.99. The molecule has 1 nitrogen and oxygen atoms in total. The van der Waals surface area contributed by atoms with Crippen molar-refractivity contribution < 1.29 is 5.11 Å². The number of hydrogen-bond acceptors (Lipinski definition) is 2. The van der Waals surface area contributed by atoms with Gasteiger partial charge in [0.15, 0.2) is 0 Å². The van der Waals surface area contributed by atoms with Crippen LogP contribution in [0.2, 0.25) is 0 Å². The van der Waals surface area contributed by atoms with Gasteiger partial charge in [-0.15, -0.1) is 0 Å². The monoisotopic (exact) mass is 119 g/mol. The van der Waals surface area contributed by atoms with Crippen LogP contribution in [0.25, 0.3) is 0 Å². The number of hydrogen-bond donors (Lipinski definition) is 1. The Morgan fingerprint density at radius 2 is 2.43 bits per heavy atom. The van der Waals surface area contributed by atoms with Gasteiger partial charge in [-0.2, -0.15) is 11.8 Å². The SMILES string of the molecule is [CH2]C(O)CSCC. The first kappa shape index (κ1) is 7.31. The van der Waals surface area contributed by atoms with Crippen molar-refractivity contribution in [2.75, 3.05) is 11.5 Å². The highest BCUT2D eigenvalue weighted by molar-refractivity contribution is 7.99. The summed E-state index contributed by atoms with van der Waals surface area (Å²) in [4.78, 5) is 0. The van der Waals surface area contributed by atoms with Crippen LogP contribution in [-0.2, 0) is 0 Å². The molecule has 0 bridgehead atoms. The Bertz CT molecular complexity index is 37.1. The van der Waals surface area contributed by atoms with E-state index in [0.29, 0.717) is 0 Å². The van der Waals surface area contributed by atoms with Crippen LogP contribution >= 0.6 is 11.8 Å². The second-order valence-corrected chi connectivity index (χ2v) is 2.63. The molecule has 0 saturated heterocycles. The fourth-order valence-corrected chi connectivity index (χ4v) is 0.762. The van der Waals surface area contributed by atoms with E-state index in [2.05, 4.69) is 13.8 Å². The van der Waals surface area contributed by atoms with E-state index < -0.39 is 0 Å². The normalized spacial score (nSPS) is 14.1. The first-order valence-corrected chi connectivity index (χ1v) is 3.51. The summed E-state index contributed by atoms with van der Waals surface area (Å²) in [6.45, 7) is 5.47. The van der Waals surface area contributed by atoms with E-state index in [0.717, 1.165) is 11.5 Å². The summed E-state index contributed by atoms with van der Waals surface area (Å²) < 4.78 is 0. The Morgan fingerprint density at radius 3 is 2.57 bits per heavy atom. The molecule has 0 aromatic carbocycles. The van der Waals surface area contributed by atoms with Crippen LogP contribution in [0.3, 0.4) is 0 Å². The van der Waals surface area contributed by atoms with Crippen LogP contribution in [-0.4, -0.2) is 22.7 Å². The maximum Gasteiger partial charge on any atom is 0.0631 e. The molecule has 1 atom stereocenters. The van der Waals surface area contributed by atoms with Gasteiger partial charge in [0, 0.05) is 5.75 Å². The quantitative estimate of drug-likeness (QED) is 0.596. The number of aliphatic hydroxyl groups is 1. The summed E-state index contributed by atoms with van der Waals surface area (Å²) in [6, 6.07) is 0. The van der Waals surface area contributed by atoms with Crippen molar-refractivity contribution in [1.29, 1.82) is 0 Å². The van der Waals surface area contributed by atoms with Gasteiger partial charge in [0.25, 0.3) is 0 Å². The topological polar surface area (TPSA) is 20.2 Å². The van der Waals surface area contributed by atoms with Gasteiger partial charge in [-0.25, -0.2) is 0 Å². The molecule has 2 heteroatoms. The molecule has 43 valence electrons. The summed E-state index contributed by atoms with van der Waals surface area (Å²) in [5, 5.41) is 8.55. The molecule has 0 aromatic heterocycles. The molecule has 0 rings (SSSR count). The molecule has 0 saturated carbocycles. The molecule has 1 unspecified atom stereocenters. The van der Waals surface area contributed by atoms with Gasteiger partial charge in [0.2, 0.25) is 0 Å². The highest BCUT2D eigenvalue weighted by atomic mass is 32.2. The fourth-order valence-electron chi connectivity index (χ4n) is 0.254. The maximum absolute atomic E-state index is 8.55. The summed E-state index contributed by atoms with van der Waals surface area (Å²) in [6.07, 6.45) is -0.384. The second kappa shape index (κ2) is 4.47. The molecule has 0 heterocycles. The minimum absolute atomic E-state index is 0.384. The lowest BCUT2D eigenvalue weighted by molar-refractivity contribution is 0.246. The van der Waals surface area contributed by atoms with Gasteiger partial charge < -0.3 is 5.11 Å². The van der Waals surface area contributed by atoms with Gasteiger partial charge in [0.05, 0.1) is 6.10 Å². The Morgan fingerprint density at radius 1 is 1.86 bits per heavy atom. The fraction of sp³-hybridized carbons (Fsp3) is 0.800. The molecule has 0 aliphatic heterocycles. The molecule has 1 N–H and O–H groups in total. The van der Waals surface area contributed by atoms with Crippen molar-refractivity contribution in [1.82, 2.24) is 0 Å². The minimum Gasteiger partial charge on any atom is -0.392 e. The van der Waals surface area contributed by atoms with E-state index in [1.807, 2.05) is 0 Å². The number of thioether (sulfide) groups is 1. The standard InChI is InChI=1S/C5H11OS/c1-3-7-4-5(2)6/h5-6H,2-4H2,1H3. The summed E-state index contributed by atoms with van der Waals surface area (Å²) in [5.41, 5.74) is 0. The van der Waals surface area contributed by atoms with E-state index in [9.17, 15) is 0 Å². The molecule has 0 aromatic rings. The average molecular weight is 119 g/mol. The van der Waals surface area contributed by atoms with E-state index in [-0.39, 0.29) is 6.10 Å². The van der Waals surface area contributed by atoms with Crippen LogP contribution in [0.1, 0.15) is 6.92 Å². The van der Waals surface area contributed by atoms with E-state index >= 15 is 0 Å². The van der Waals surface area contributed by atoms with Gasteiger partial charge >= 0.3 is 0 Å². The molecule has 0 spiro atoms. The lowest BCUT2D eigenvalue weighted by atomic mass is 10.5. The maximum atomic E-state index is 8.55. The molecule has 0 fully saturated rings. The zero-order valence-corrected chi connectivity index (χ0v) is 5.37. The zero-order chi connectivity index (χ0) is 5.70. The van der Waals surface area contributed by atoms with Crippen LogP contribution < -0.4 is 0 Å². The van der Waals surface area contributed by atoms with E-state index in [4.69, 9.17) is 5.11 Å². The Kier molecular flexibility index (Phi) is 4.67. The van der Waals surface area contributed by atoms with Crippen molar-refractivity contribution in [2.24, 2.45) is 0 Å². The van der Waals surface area contributed by atoms with Gasteiger partial charge in [-0.1, -0.05) is 6.92 Å². The summed E-state index contributed by atoms with van der Waals surface area (Å²) in [5.74, 6) is 1.82. The van der Waals surface area contributed by atoms with Crippen molar-refractivity contribution in [3.8, 4) is 0 Å². The molecule has 0 aliphatic carbocycles. The van der Waals surface area contributed by atoms with Gasteiger partial charge in [0.1, 0.15) is 0 Å². The Balaban J connectivity index is 2.68. The summed E-state index contributed by atoms with van der Waals surface area (Å²) >= 11 is 1.70. The molecular formula is C5H11OS. The third-order valence-electron chi connectivity index (χ3n) is 0.514. The highest BCUT2D eigenvalue weighted by Gasteiger charge is 1.90.